The first-order valence-corrected chi connectivity index (χ1v) is 12.0. The average molecular weight is 424 g/mol. The van der Waals surface area contributed by atoms with Gasteiger partial charge in [0.1, 0.15) is 0 Å². The molecule has 0 aromatic heterocycles. The van der Waals surface area contributed by atoms with Gasteiger partial charge < -0.3 is 10.1 Å². The van der Waals surface area contributed by atoms with Crippen LogP contribution in [-0.2, 0) is 19.6 Å². The molecule has 2 saturated heterocycles. The van der Waals surface area contributed by atoms with E-state index in [1.54, 1.807) is 29.4 Å². The first-order valence-electron chi connectivity index (χ1n) is 10.6. The highest BCUT2D eigenvalue weighted by Gasteiger charge is 2.27. The number of ether oxygens (including phenoxy) is 1. The van der Waals surface area contributed by atoms with Gasteiger partial charge >= 0.3 is 0 Å². The predicted molar refractivity (Wildman–Crippen MR) is 114 cm³/mol. The van der Waals surface area contributed by atoms with Crippen LogP contribution in [0.15, 0.2) is 23.1 Å². The van der Waals surface area contributed by atoms with Gasteiger partial charge in [0.2, 0.25) is 15.9 Å². The minimum absolute atomic E-state index is 0.160. The summed E-state index contributed by atoms with van der Waals surface area (Å²) in [6.45, 7) is 4.67. The highest BCUT2D eigenvalue weighted by Crippen LogP contribution is 2.26. The molecule has 2 aliphatic rings. The molecular formula is C21H33N3O4S. The average Bonchev–Trinajstić information content (AvgIpc) is 3.01. The maximum atomic E-state index is 13.2. The first kappa shape index (κ1) is 22.2. The Morgan fingerprint density at radius 3 is 2.59 bits per heavy atom. The van der Waals surface area contributed by atoms with Crippen LogP contribution in [0.2, 0.25) is 0 Å². The van der Waals surface area contributed by atoms with Crippen LogP contribution in [0, 0.1) is 6.92 Å². The maximum absolute atomic E-state index is 13.2. The molecule has 0 bridgehead atoms. The van der Waals surface area contributed by atoms with Crippen LogP contribution < -0.4 is 5.32 Å². The van der Waals surface area contributed by atoms with Gasteiger partial charge in [0.25, 0.3) is 0 Å². The van der Waals surface area contributed by atoms with Gasteiger partial charge in [-0.2, -0.15) is 4.31 Å². The molecule has 2 heterocycles. The molecule has 2 aliphatic heterocycles. The standard InChI is InChI=1S/C21H33N3O4S/c1-17-9-10-18(22-21(25)16-23(2)15-19-8-7-13-28-19)14-20(17)29(26,27)24-11-5-3-4-6-12-24/h9-10,14,19H,3-8,11-13,15-16H2,1-2H3,(H,22,25). The predicted octanol–water partition coefficient (Wildman–Crippen LogP) is 2.61. The Bertz CT molecular complexity index is 798. The molecule has 3 rings (SSSR count). The van der Waals surface area contributed by atoms with Crippen molar-refractivity contribution in [3.63, 3.8) is 0 Å². The number of carbonyl (C=O) groups is 1. The minimum Gasteiger partial charge on any atom is -0.377 e. The third-order valence-electron chi connectivity index (χ3n) is 5.61. The summed E-state index contributed by atoms with van der Waals surface area (Å²) in [4.78, 5) is 14.7. The lowest BCUT2D eigenvalue weighted by molar-refractivity contribution is -0.117. The van der Waals surface area contributed by atoms with Crippen LogP contribution in [0.25, 0.3) is 0 Å². The van der Waals surface area contributed by atoms with Gasteiger partial charge in [0.15, 0.2) is 0 Å². The maximum Gasteiger partial charge on any atom is 0.243 e. The molecule has 0 aliphatic carbocycles. The Labute approximate surface area is 174 Å². The highest BCUT2D eigenvalue weighted by atomic mass is 32.2. The lowest BCUT2D eigenvalue weighted by Crippen LogP contribution is -2.35. The number of hydrogen-bond donors (Lipinski definition) is 1. The van der Waals surface area contributed by atoms with Crippen molar-refractivity contribution in [2.24, 2.45) is 0 Å². The van der Waals surface area contributed by atoms with E-state index < -0.39 is 10.0 Å². The molecule has 1 N–H and O–H groups in total. The van der Waals surface area contributed by atoms with Crippen molar-refractivity contribution in [2.75, 3.05) is 45.2 Å². The van der Waals surface area contributed by atoms with E-state index in [-0.39, 0.29) is 23.5 Å². The van der Waals surface area contributed by atoms with E-state index >= 15 is 0 Å². The Hall–Kier alpha value is -1.48. The van der Waals surface area contributed by atoms with Crippen LogP contribution in [0.4, 0.5) is 5.69 Å². The Morgan fingerprint density at radius 1 is 1.21 bits per heavy atom. The number of likely N-dealkylation sites (N-methyl/N-ethyl adjacent to an activating group) is 1. The van der Waals surface area contributed by atoms with Crippen LogP contribution in [0.1, 0.15) is 44.1 Å². The molecule has 162 valence electrons. The SMILES string of the molecule is Cc1ccc(NC(=O)CN(C)CC2CCCO2)cc1S(=O)(=O)N1CCCCCC1. The van der Waals surface area contributed by atoms with Crippen molar-refractivity contribution < 1.29 is 17.9 Å². The van der Waals surface area contributed by atoms with Crippen LogP contribution >= 0.6 is 0 Å². The Kier molecular flexibility index (Phi) is 7.67. The van der Waals surface area contributed by atoms with Gasteiger partial charge in [0.05, 0.1) is 17.5 Å². The number of amides is 1. The minimum atomic E-state index is -3.56. The number of nitrogens with zero attached hydrogens (tertiary/aromatic N) is 2. The molecular weight excluding hydrogens is 390 g/mol. The molecule has 8 heteroatoms. The number of anilines is 1. The van der Waals surface area contributed by atoms with Gasteiger partial charge in [-0.1, -0.05) is 18.9 Å². The number of benzene rings is 1. The topological polar surface area (TPSA) is 79.0 Å². The number of sulfonamides is 1. The van der Waals surface area contributed by atoms with E-state index in [1.807, 2.05) is 11.9 Å². The molecule has 1 aromatic carbocycles. The molecule has 2 fully saturated rings. The van der Waals surface area contributed by atoms with Crippen molar-refractivity contribution in [3.8, 4) is 0 Å². The quantitative estimate of drug-likeness (QED) is 0.729. The molecule has 0 saturated carbocycles. The molecule has 1 amide bonds. The molecule has 0 spiro atoms. The Morgan fingerprint density at radius 2 is 1.93 bits per heavy atom. The lowest BCUT2D eigenvalue weighted by atomic mass is 10.2. The first-order chi connectivity index (χ1) is 13.9. The monoisotopic (exact) mass is 423 g/mol. The van der Waals surface area contributed by atoms with Crippen molar-refractivity contribution in [1.29, 1.82) is 0 Å². The zero-order valence-corrected chi connectivity index (χ0v) is 18.3. The van der Waals surface area contributed by atoms with Gasteiger partial charge in [-0.25, -0.2) is 8.42 Å². The lowest BCUT2D eigenvalue weighted by Gasteiger charge is -2.22. The van der Waals surface area contributed by atoms with Crippen molar-refractivity contribution >= 4 is 21.6 Å². The van der Waals surface area contributed by atoms with Crippen molar-refractivity contribution in [2.45, 2.75) is 56.4 Å². The molecule has 7 nitrogen and oxygen atoms in total. The molecule has 29 heavy (non-hydrogen) atoms. The van der Waals surface area contributed by atoms with E-state index in [9.17, 15) is 13.2 Å². The number of aryl methyl sites for hydroxylation is 1. The number of nitrogens with one attached hydrogen (secondary N) is 1. The van der Waals surface area contributed by atoms with Crippen LogP contribution in [-0.4, -0.2) is 69.5 Å². The molecule has 1 unspecified atom stereocenters. The smallest absolute Gasteiger partial charge is 0.243 e. The van der Waals surface area contributed by atoms with Gasteiger partial charge in [-0.3, -0.25) is 9.69 Å². The highest BCUT2D eigenvalue weighted by molar-refractivity contribution is 7.89. The van der Waals surface area contributed by atoms with E-state index in [0.29, 0.717) is 24.3 Å². The van der Waals surface area contributed by atoms with E-state index in [4.69, 9.17) is 4.74 Å². The van der Waals surface area contributed by atoms with Gasteiger partial charge in [-0.15, -0.1) is 0 Å². The fraction of sp³-hybridized carbons (Fsp3) is 0.667. The third kappa shape index (κ3) is 6.01. The summed E-state index contributed by atoms with van der Waals surface area (Å²) in [5.74, 6) is -0.160. The molecule has 1 atom stereocenters. The molecule has 1 aromatic rings. The summed E-state index contributed by atoms with van der Waals surface area (Å²) in [6.07, 6.45) is 6.22. The summed E-state index contributed by atoms with van der Waals surface area (Å²) in [5, 5.41) is 2.85. The summed E-state index contributed by atoms with van der Waals surface area (Å²) < 4.78 is 33.5. The zero-order valence-electron chi connectivity index (χ0n) is 17.5. The normalized spacial score (nSPS) is 21.3. The number of carbonyl (C=O) groups excluding carboxylic acids is 1. The van der Waals surface area contributed by atoms with Crippen molar-refractivity contribution in [3.05, 3.63) is 23.8 Å². The number of rotatable bonds is 7. The summed E-state index contributed by atoms with van der Waals surface area (Å²) in [6, 6.07) is 5.11. The Balaban J connectivity index is 1.65. The third-order valence-corrected chi connectivity index (χ3v) is 7.65. The largest absolute Gasteiger partial charge is 0.377 e. The fourth-order valence-electron chi connectivity index (χ4n) is 4.02. The van der Waals surface area contributed by atoms with Gasteiger partial charge in [0, 0.05) is 31.9 Å². The second-order valence-electron chi connectivity index (χ2n) is 8.18. The van der Waals surface area contributed by atoms with Crippen LogP contribution in [0.5, 0.6) is 0 Å². The summed E-state index contributed by atoms with van der Waals surface area (Å²) in [7, 11) is -1.66. The summed E-state index contributed by atoms with van der Waals surface area (Å²) in [5.41, 5.74) is 1.21. The molecule has 0 radical (unpaired) electrons. The number of hydrogen-bond acceptors (Lipinski definition) is 5. The second-order valence-corrected chi connectivity index (χ2v) is 10.1. The zero-order chi connectivity index (χ0) is 20.9. The van der Waals surface area contributed by atoms with Gasteiger partial charge in [-0.05, 0) is 57.4 Å². The fourth-order valence-corrected chi connectivity index (χ4v) is 5.79. The van der Waals surface area contributed by atoms with E-state index in [1.165, 1.54) is 0 Å². The summed E-state index contributed by atoms with van der Waals surface area (Å²) >= 11 is 0. The van der Waals surface area contributed by atoms with E-state index in [0.717, 1.165) is 51.7 Å². The van der Waals surface area contributed by atoms with E-state index in [2.05, 4.69) is 5.32 Å². The second kappa shape index (κ2) is 10.0. The van der Waals surface area contributed by atoms with Crippen LogP contribution in [0.3, 0.4) is 0 Å². The van der Waals surface area contributed by atoms with Crippen molar-refractivity contribution in [1.82, 2.24) is 9.21 Å².